The Labute approximate surface area is 135 Å². The van der Waals surface area contributed by atoms with E-state index >= 15 is 0 Å². The Morgan fingerprint density at radius 1 is 1.32 bits per heavy atom. The van der Waals surface area contributed by atoms with Gasteiger partial charge >= 0.3 is 6.03 Å². The molecule has 1 aromatic rings. The summed E-state index contributed by atoms with van der Waals surface area (Å²) in [5, 5.41) is 6.15. The summed E-state index contributed by atoms with van der Waals surface area (Å²) in [6.07, 6.45) is 4.79. The van der Waals surface area contributed by atoms with Crippen LogP contribution in [0, 0.1) is 0 Å². The monoisotopic (exact) mass is 322 g/mol. The Bertz CT molecular complexity index is 533. The first kappa shape index (κ1) is 17.0. The Kier molecular flexibility index (Phi) is 6.43. The van der Waals surface area contributed by atoms with Crippen LogP contribution in [0.1, 0.15) is 45.1 Å². The fourth-order valence-corrected chi connectivity index (χ4v) is 4.32. The van der Waals surface area contributed by atoms with Crippen molar-refractivity contribution in [3.63, 3.8) is 0 Å². The van der Waals surface area contributed by atoms with Crippen molar-refractivity contribution in [1.82, 2.24) is 5.32 Å². The zero-order valence-electron chi connectivity index (χ0n) is 13.4. The fourth-order valence-electron chi connectivity index (χ4n) is 2.97. The van der Waals surface area contributed by atoms with E-state index in [1.54, 1.807) is 0 Å². The second-order valence-corrected chi connectivity index (χ2v) is 7.81. The van der Waals surface area contributed by atoms with Crippen LogP contribution < -0.4 is 10.6 Å². The molecular weight excluding hydrogens is 296 g/mol. The third-order valence-corrected chi connectivity index (χ3v) is 5.95. The number of hydrogen-bond acceptors (Lipinski definition) is 2. The minimum Gasteiger partial charge on any atom is -0.335 e. The summed E-state index contributed by atoms with van der Waals surface area (Å²) in [5.74, 6) is 0.702. The summed E-state index contributed by atoms with van der Waals surface area (Å²) >= 11 is 0. The van der Waals surface area contributed by atoms with Gasteiger partial charge in [0.15, 0.2) is 0 Å². The highest BCUT2D eigenvalue weighted by Crippen LogP contribution is 2.23. The summed E-state index contributed by atoms with van der Waals surface area (Å²) in [5.41, 5.74) is 2.02. The molecule has 5 heteroatoms. The highest BCUT2D eigenvalue weighted by molar-refractivity contribution is 7.85. The van der Waals surface area contributed by atoms with Crippen LogP contribution in [0.3, 0.4) is 0 Å². The second kappa shape index (κ2) is 8.32. The fraction of sp³-hybridized carbons (Fsp3) is 0.588. The van der Waals surface area contributed by atoms with Gasteiger partial charge in [0.05, 0.1) is 0 Å². The van der Waals surface area contributed by atoms with Gasteiger partial charge < -0.3 is 10.6 Å². The van der Waals surface area contributed by atoms with E-state index in [1.807, 2.05) is 25.1 Å². The Hall–Kier alpha value is -1.36. The van der Waals surface area contributed by atoms with E-state index in [-0.39, 0.29) is 17.3 Å². The smallest absolute Gasteiger partial charge is 0.319 e. The molecule has 2 amide bonds. The predicted molar refractivity (Wildman–Crippen MR) is 92.7 cm³/mol. The van der Waals surface area contributed by atoms with E-state index in [1.165, 1.54) is 5.56 Å². The van der Waals surface area contributed by atoms with Gasteiger partial charge in [0.2, 0.25) is 0 Å². The average Bonchev–Trinajstić information content (AvgIpc) is 2.54. The molecule has 1 aromatic carbocycles. The lowest BCUT2D eigenvalue weighted by Gasteiger charge is -2.29. The molecule has 0 aliphatic heterocycles. The predicted octanol–water partition coefficient (Wildman–Crippen LogP) is 3.45. The number of aryl methyl sites for hydroxylation is 1. The highest BCUT2D eigenvalue weighted by Gasteiger charge is 2.26. The summed E-state index contributed by atoms with van der Waals surface area (Å²) in [7, 11) is -0.763. The van der Waals surface area contributed by atoms with Crippen LogP contribution in [-0.2, 0) is 17.2 Å². The average molecular weight is 322 g/mol. The van der Waals surface area contributed by atoms with Crippen molar-refractivity contribution in [2.75, 3.05) is 11.1 Å². The highest BCUT2D eigenvalue weighted by atomic mass is 32.2. The number of anilines is 1. The van der Waals surface area contributed by atoms with Crippen LogP contribution in [0.25, 0.3) is 0 Å². The quantitative estimate of drug-likeness (QED) is 0.872. The number of amides is 2. The normalized spacial score (nSPS) is 22.8. The lowest BCUT2D eigenvalue weighted by Crippen LogP contribution is -2.42. The molecule has 0 aromatic heterocycles. The molecule has 2 rings (SSSR count). The zero-order valence-corrected chi connectivity index (χ0v) is 14.2. The molecule has 22 heavy (non-hydrogen) atoms. The van der Waals surface area contributed by atoms with E-state index in [9.17, 15) is 9.00 Å². The van der Waals surface area contributed by atoms with Gasteiger partial charge in [0.25, 0.3) is 0 Å². The summed E-state index contributed by atoms with van der Waals surface area (Å²) in [6, 6.07) is 7.86. The Morgan fingerprint density at radius 3 is 2.86 bits per heavy atom. The van der Waals surface area contributed by atoms with Crippen molar-refractivity contribution in [3.8, 4) is 0 Å². The number of benzene rings is 1. The van der Waals surface area contributed by atoms with Crippen molar-refractivity contribution < 1.29 is 9.00 Å². The number of rotatable bonds is 5. The SMILES string of the molecule is CCc1cccc(NC(=O)N[C@@H]2CCC[C@H]([S@@](=O)CC)C2)c1. The molecule has 2 N–H and O–H groups in total. The van der Waals surface area contributed by atoms with Gasteiger partial charge in [-0.05, 0) is 43.4 Å². The van der Waals surface area contributed by atoms with E-state index < -0.39 is 10.8 Å². The number of carbonyl (C=O) groups excluding carboxylic acids is 1. The molecule has 0 saturated heterocycles. The number of hydrogen-bond donors (Lipinski definition) is 2. The Morgan fingerprint density at radius 2 is 2.14 bits per heavy atom. The molecule has 0 radical (unpaired) electrons. The molecule has 3 atom stereocenters. The summed E-state index contributed by atoms with van der Waals surface area (Å²) < 4.78 is 11.9. The third kappa shape index (κ3) is 4.83. The standard InChI is InChI=1S/C17H26N2O2S/c1-3-13-7-5-8-14(11-13)18-17(20)19-15-9-6-10-16(12-15)22(21)4-2/h5,7-8,11,15-16H,3-4,6,9-10,12H2,1-2H3,(H2,18,19,20)/t15-,16+,22+/m1/s1. The van der Waals surface area contributed by atoms with Crippen LogP contribution in [0.4, 0.5) is 10.5 Å². The van der Waals surface area contributed by atoms with Crippen LogP contribution in [0.5, 0.6) is 0 Å². The maximum atomic E-state index is 12.1. The first-order valence-electron chi connectivity index (χ1n) is 8.16. The molecule has 0 unspecified atom stereocenters. The van der Waals surface area contributed by atoms with Crippen molar-refractivity contribution in [2.45, 2.75) is 57.2 Å². The minimum absolute atomic E-state index is 0.128. The van der Waals surface area contributed by atoms with Crippen LogP contribution in [0.2, 0.25) is 0 Å². The molecule has 1 saturated carbocycles. The van der Waals surface area contributed by atoms with Gasteiger partial charge in [-0.2, -0.15) is 0 Å². The van der Waals surface area contributed by atoms with Gasteiger partial charge in [0.1, 0.15) is 0 Å². The molecule has 0 bridgehead atoms. The van der Waals surface area contributed by atoms with Crippen molar-refractivity contribution in [1.29, 1.82) is 0 Å². The molecular formula is C17H26N2O2S. The van der Waals surface area contributed by atoms with Gasteiger partial charge in [-0.1, -0.05) is 32.4 Å². The maximum Gasteiger partial charge on any atom is 0.319 e. The summed E-state index contributed by atoms with van der Waals surface area (Å²) in [4.78, 5) is 12.1. The molecule has 4 nitrogen and oxygen atoms in total. The van der Waals surface area contributed by atoms with Crippen LogP contribution in [-0.4, -0.2) is 27.3 Å². The number of nitrogens with one attached hydrogen (secondary N) is 2. The second-order valence-electron chi connectivity index (χ2n) is 5.81. The lowest BCUT2D eigenvalue weighted by molar-refractivity contribution is 0.244. The van der Waals surface area contributed by atoms with Gasteiger partial charge in [-0.15, -0.1) is 0 Å². The number of urea groups is 1. The topological polar surface area (TPSA) is 58.2 Å². The zero-order chi connectivity index (χ0) is 15.9. The molecule has 1 aliphatic carbocycles. The van der Waals surface area contributed by atoms with Gasteiger partial charge in [0, 0.05) is 33.5 Å². The van der Waals surface area contributed by atoms with Gasteiger partial charge in [-0.3, -0.25) is 4.21 Å². The van der Waals surface area contributed by atoms with E-state index in [0.717, 1.165) is 37.8 Å². The largest absolute Gasteiger partial charge is 0.335 e. The van der Waals surface area contributed by atoms with E-state index in [2.05, 4.69) is 23.6 Å². The van der Waals surface area contributed by atoms with Crippen molar-refractivity contribution in [2.24, 2.45) is 0 Å². The molecule has 1 aliphatic rings. The third-order valence-electron chi connectivity index (χ3n) is 4.21. The minimum atomic E-state index is -0.763. The van der Waals surface area contributed by atoms with Crippen molar-refractivity contribution >= 4 is 22.5 Å². The van der Waals surface area contributed by atoms with Crippen molar-refractivity contribution in [3.05, 3.63) is 29.8 Å². The van der Waals surface area contributed by atoms with E-state index in [0.29, 0.717) is 5.75 Å². The van der Waals surface area contributed by atoms with Crippen LogP contribution in [0.15, 0.2) is 24.3 Å². The molecule has 1 fully saturated rings. The molecule has 0 heterocycles. The van der Waals surface area contributed by atoms with Crippen LogP contribution >= 0.6 is 0 Å². The van der Waals surface area contributed by atoms with Gasteiger partial charge in [-0.25, -0.2) is 4.79 Å². The molecule has 0 spiro atoms. The Balaban J connectivity index is 1.87. The lowest BCUT2D eigenvalue weighted by atomic mass is 9.95. The first-order chi connectivity index (χ1) is 10.6. The first-order valence-corrected chi connectivity index (χ1v) is 9.54. The number of carbonyl (C=O) groups is 1. The van der Waals surface area contributed by atoms with E-state index in [4.69, 9.17) is 0 Å². The molecule has 122 valence electrons. The maximum absolute atomic E-state index is 12.1. The summed E-state index contributed by atoms with van der Waals surface area (Å²) in [6.45, 7) is 4.05.